The van der Waals surface area contributed by atoms with Crippen molar-refractivity contribution in [3.63, 3.8) is 0 Å². The van der Waals surface area contributed by atoms with Crippen LogP contribution < -0.4 is 5.46 Å². The van der Waals surface area contributed by atoms with Crippen molar-refractivity contribution >= 4 is 26.0 Å². The molecule has 3 heteroatoms. The van der Waals surface area contributed by atoms with E-state index in [1.54, 1.807) is 0 Å². The van der Waals surface area contributed by atoms with Gasteiger partial charge >= 0.3 is 176 Å². The van der Waals surface area contributed by atoms with Crippen LogP contribution in [0.15, 0.2) is 105 Å². The number of rotatable bonds is 4. The van der Waals surface area contributed by atoms with Crippen LogP contribution in [-0.4, -0.2) is 20.5 Å². The molecule has 232 valence electrons. The van der Waals surface area contributed by atoms with E-state index in [1.807, 2.05) is 69.2 Å². The van der Waals surface area contributed by atoms with Gasteiger partial charge in [-0.3, -0.25) is 0 Å². The van der Waals surface area contributed by atoms with E-state index in [1.165, 1.54) is 49.7 Å². The minimum absolute atomic E-state index is 0.541. The predicted octanol–water partition coefficient (Wildman–Crippen LogP) is 12.7. The zero-order chi connectivity index (χ0) is 34.4. The second-order valence-corrected chi connectivity index (χ2v) is 8.27. The van der Waals surface area contributed by atoms with Crippen LogP contribution in [0.25, 0.3) is 33.1 Å². The Hall–Kier alpha value is -3.19. The van der Waals surface area contributed by atoms with Crippen molar-refractivity contribution in [1.29, 1.82) is 0 Å². The van der Waals surface area contributed by atoms with Gasteiger partial charge in [0.2, 0.25) is 0 Å². The summed E-state index contributed by atoms with van der Waals surface area (Å²) in [5, 5.41) is 0. The Bertz CT molecular complexity index is 1140. The fourth-order valence-electron chi connectivity index (χ4n) is 3.74. The monoisotopic (exact) mass is 577 g/mol. The summed E-state index contributed by atoms with van der Waals surface area (Å²) in [5.41, 5.74) is 11.5. The van der Waals surface area contributed by atoms with Crippen molar-refractivity contribution in [2.24, 2.45) is 0 Å². The quantitative estimate of drug-likeness (QED) is 0.168. The first-order valence-corrected chi connectivity index (χ1v) is 16.4. The zero-order valence-electron chi connectivity index (χ0n) is 30.6. The fraction of sp³-hybridized carbons (Fsp3) is 0.350. The Balaban J connectivity index is -0.000000479. The molecule has 0 unspecified atom stereocenters. The Kier molecular flexibility index (Phi) is 34.5. The van der Waals surface area contributed by atoms with E-state index in [4.69, 9.17) is 0 Å². The molecule has 0 N–H and O–H groups in total. The summed E-state index contributed by atoms with van der Waals surface area (Å²) in [7, 11) is 0. The smallest absolute Gasteiger partial charge is 0.0683 e. The fourth-order valence-corrected chi connectivity index (χ4v) is 3.74. The summed E-state index contributed by atoms with van der Waals surface area (Å²) in [6.45, 7) is 45.8. The van der Waals surface area contributed by atoms with Crippen LogP contribution in [-0.2, 0) is 0 Å². The summed E-state index contributed by atoms with van der Waals surface area (Å²) in [6.07, 6.45) is 0. The molecule has 4 aromatic rings. The maximum atomic E-state index is 3.00. The zero-order valence-corrected chi connectivity index (χ0v) is 30.6. The summed E-state index contributed by atoms with van der Waals surface area (Å²) in [4.78, 5) is 0. The first-order chi connectivity index (χ1) is 21.0. The maximum absolute atomic E-state index is 3.00. The molecule has 0 radical (unpaired) electrons. The largest absolute Gasteiger partial charge is 0.0683 e. The Labute approximate surface area is 271 Å². The van der Waals surface area contributed by atoms with Crippen molar-refractivity contribution in [3.05, 3.63) is 116 Å². The van der Waals surface area contributed by atoms with Crippen LogP contribution in [0.2, 0.25) is 13.6 Å². The molecule has 2 aromatic heterocycles. The van der Waals surface area contributed by atoms with E-state index in [0.29, 0.717) is 6.71 Å². The third kappa shape index (κ3) is 16.9. The van der Waals surface area contributed by atoms with Crippen LogP contribution in [0.3, 0.4) is 0 Å². The van der Waals surface area contributed by atoms with E-state index >= 15 is 0 Å². The minimum Gasteiger partial charge on any atom is -0.0683 e. The number of hydrogen-bond acceptors (Lipinski definition) is 0. The molecule has 0 atom stereocenters. The molecule has 0 aliphatic heterocycles. The van der Waals surface area contributed by atoms with Crippen molar-refractivity contribution in [3.8, 4) is 33.1 Å². The predicted molar refractivity (Wildman–Crippen MR) is 211 cm³/mol. The second kappa shape index (κ2) is 31.7. The Morgan fingerprint density at radius 1 is 0.488 bits per heavy atom. The topological polar surface area (TPSA) is 0 Å². The van der Waals surface area contributed by atoms with Gasteiger partial charge < -0.3 is 0 Å². The van der Waals surface area contributed by atoms with Gasteiger partial charge in [-0.05, 0) is 0 Å². The van der Waals surface area contributed by atoms with Gasteiger partial charge in [0.1, 0.15) is 0 Å². The van der Waals surface area contributed by atoms with Crippen LogP contribution >= 0.6 is 0 Å². The molecule has 0 amide bonds. The average Bonchev–Trinajstić information content (AvgIpc) is 3.11. The van der Waals surface area contributed by atoms with E-state index < -0.39 is 0 Å². The second-order valence-electron chi connectivity index (χ2n) is 8.27. The summed E-state index contributed by atoms with van der Waals surface area (Å²) in [6, 6.07) is 26.8. The number of aryl methyl sites for hydroxylation is 2. The molecule has 0 aliphatic rings. The molecule has 0 spiro atoms. The Morgan fingerprint density at radius 2 is 0.907 bits per heavy atom. The molecule has 0 bridgehead atoms. The van der Waals surface area contributed by atoms with Crippen LogP contribution in [0, 0.1) is 13.8 Å². The Morgan fingerprint density at radius 3 is 1.33 bits per heavy atom. The van der Waals surface area contributed by atoms with E-state index in [9.17, 15) is 0 Å². The average molecular weight is 576 g/mol. The summed E-state index contributed by atoms with van der Waals surface area (Å²) >= 11 is 0. The van der Waals surface area contributed by atoms with Gasteiger partial charge in [-0.25, -0.2) is 0 Å². The summed E-state index contributed by atoms with van der Waals surface area (Å²) in [5.74, 6) is 2.18. The summed E-state index contributed by atoms with van der Waals surface area (Å²) < 4.78 is 0. The molecular formula is C40H63B3. The van der Waals surface area contributed by atoms with Crippen LogP contribution in [0.1, 0.15) is 80.4 Å². The molecule has 0 aliphatic carbocycles. The van der Waals surface area contributed by atoms with Gasteiger partial charge in [-0.1, -0.05) is 69.2 Å². The molecule has 0 saturated heterocycles. The van der Waals surface area contributed by atoms with Crippen LogP contribution in [0.4, 0.5) is 0 Å². The van der Waals surface area contributed by atoms with Gasteiger partial charge in [-0.15, -0.1) is 26.3 Å². The molecule has 0 nitrogen and oxygen atoms in total. The third-order valence-corrected chi connectivity index (χ3v) is 5.66. The molecule has 4 rings (SSSR count). The molecular weight excluding hydrogens is 513 g/mol. The van der Waals surface area contributed by atoms with Gasteiger partial charge in [0.25, 0.3) is 0 Å². The number of hydrogen-bond donors (Lipinski definition) is 0. The number of benzene rings is 2. The van der Waals surface area contributed by atoms with Gasteiger partial charge in [0.15, 0.2) is 0 Å². The molecule has 0 fully saturated rings. The van der Waals surface area contributed by atoms with Crippen molar-refractivity contribution in [2.45, 2.75) is 96.7 Å². The third-order valence-electron chi connectivity index (χ3n) is 5.66. The van der Waals surface area contributed by atoms with Crippen molar-refractivity contribution in [1.82, 2.24) is 0 Å². The van der Waals surface area contributed by atoms with E-state index in [-0.39, 0.29) is 0 Å². The molecule has 0 saturated carbocycles. The maximum Gasteiger partial charge on any atom is -0.0683 e. The first-order valence-electron chi connectivity index (χ1n) is 16.4. The van der Waals surface area contributed by atoms with Crippen molar-refractivity contribution in [2.75, 3.05) is 0 Å². The standard InChI is InChI=1S/C26H25B3.5C2H6.2C2H4/c1-18-5-8-20(9-6-18)23-14-16-25(24-15-7-19(2)17-27-24)28-26(23)21-10-12-22(13-11-21)29(3)4;7*1-2/h5-17H,1-4H3;5*1-2H3;2*1-2H2. The molecule has 2 heterocycles. The first kappa shape index (κ1) is 46.8. The van der Waals surface area contributed by atoms with E-state index in [2.05, 4.69) is 146 Å². The minimum atomic E-state index is 0.541. The molecule has 2 aromatic carbocycles. The van der Waals surface area contributed by atoms with Gasteiger partial charge in [0.05, 0.1) is 0 Å². The van der Waals surface area contributed by atoms with E-state index in [0.717, 1.165) is 0 Å². The normalized spacial score (nSPS) is 7.95. The SMILES string of the molecule is C=C.C=C.CB(C)c1ccc(-c2bc(-c3bcc(C)cc3)ccc2-c2ccc(C)cc2)cc1.CC.CC.CC.CC.CC. The van der Waals surface area contributed by atoms with Gasteiger partial charge in [-0.2, -0.15) is 0 Å². The van der Waals surface area contributed by atoms with Crippen molar-refractivity contribution < 1.29 is 0 Å². The van der Waals surface area contributed by atoms with Crippen LogP contribution in [0.5, 0.6) is 0 Å². The van der Waals surface area contributed by atoms with Gasteiger partial charge in [0, 0.05) is 0 Å². The molecule has 43 heavy (non-hydrogen) atoms.